The molecule has 10 nitrogen and oxygen atoms in total. The summed E-state index contributed by atoms with van der Waals surface area (Å²) in [5.41, 5.74) is -0.898. The highest BCUT2D eigenvalue weighted by molar-refractivity contribution is 7.89. The molecule has 2 aromatic heterocycles. The van der Waals surface area contributed by atoms with Crippen LogP contribution in [0.3, 0.4) is 0 Å². The summed E-state index contributed by atoms with van der Waals surface area (Å²) in [5, 5.41) is 7.06. The van der Waals surface area contributed by atoms with Crippen molar-refractivity contribution in [3.63, 3.8) is 0 Å². The Bertz CT molecular complexity index is 1460. The highest BCUT2D eigenvalue weighted by Crippen LogP contribution is 2.39. The van der Waals surface area contributed by atoms with E-state index >= 15 is 0 Å². The summed E-state index contributed by atoms with van der Waals surface area (Å²) in [6.45, 7) is 7.54. The van der Waals surface area contributed by atoms with Crippen LogP contribution >= 0.6 is 0 Å². The monoisotopic (exact) mass is 567 g/mol. The molecule has 4 rings (SSSR count). The van der Waals surface area contributed by atoms with E-state index in [2.05, 4.69) is 20.1 Å². The number of carbonyl (C=O) groups excluding carboxylic acids is 1. The lowest BCUT2D eigenvalue weighted by molar-refractivity contribution is -0.138. The van der Waals surface area contributed by atoms with Crippen molar-refractivity contribution in [1.82, 2.24) is 24.8 Å². The number of pyridine rings is 1. The molecule has 1 amide bonds. The Balaban J connectivity index is 1.52. The van der Waals surface area contributed by atoms with Crippen LogP contribution in [0.1, 0.15) is 48.0 Å². The van der Waals surface area contributed by atoms with Crippen molar-refractivity contribution in [2.24, 2.45) is 0 Å². The van der Waals surface area contributed by atoms with Crippen LogP contribution in [0.15, 0.2) is 47.6 Å². The van der Waals surface area contributed by atoms with Crippen molar-refractivity contribution in [3.05, 3.63) is 65.1 Å². The zero-order valence-corrected chi connectivity index (χ0v) is 22.5. The van der Waals surface area contributed by atoms with Gasteiger partial charge in [-0.05, 0) is 51.5 Å². The fourth-order valence-electron chi connectivity index (χ4n) is 3.71. The first kappa shape index (κ1) is 28.5. The van der Waals surface area contributed by atoms with Crippen molar-refractivity contribution in [2.75, 3.05) is 13.2 Å². The maximum Gasteiger partial charge on any atom is 0.420 e. The Morgan fingerprint density at radius 1 is 1.15 bits per heavy atom. The normalized spacial score (nSPS) is 14.6. The Labute approximate surface area is 223 Å². The van der Waals surface area contributed by atoms with Gasteiger partial charge in [0.15, 0.2) is 11.4 Å². The minimum atomic E-state index is -4.67. The summed E-state index contributed by atoms with van der Waals surface area (Å²) in [4.78, 5) is 16.9. The molecule has 1 saturated heterocycles. The second-order valence-corrected chi connectivity index (χ2v) is 11.7. The van der Waals surface area contributed by atoms with E-state index in [-0.39, 0.29) is 34.6 Å². The first-order valence-electron chi connectivity index (χ1n) is 11.9. The van der Waals surface area contributed by atoms with Gasteiger partial charge < -0.3 is 14.8 Å². The fourth-order valence-corrected chi connectivity index (χ4v) is 4.92. The van der Waals surface area contributed by atoms with Gasteiger partial charge >= 0.3 is 6.18 Å². The van der Waals surface area contributed by atoms with Gasteiger partial charge in [0.1, 0.15) is 5.56 Å². The summed E-state index contributed by atoms with van der Waals surface area (Å²) >= 11 is 0. The number of sulfonamides is 1. The van der Waals surface area contributed by atoms with Gasteiger partial charge in [0.05, 0.1) is 35.9 Å². The van der Waals surface area contributed by atoms with Gasteiger partial charge in [-0.3, -0.25) is 9.78 Å². The summed E-state index contributed by atoms with van der Waals surface area (Å²) in [7, 11) is -3.69. The first-order valence-corrected chi connectivity index (χ1v) is 13.4. The number of halogens is 3. The molecule has 0 atom stereocenters. The Kier molecular flexibility index (Phi) is 7.74. The Hall–Kier alpha value is -3.49. The third kappa shape index (κ3) is 6.40. The van der Waals surface area contributed by atoms with E-state index in [1.165, 1.54) is 23.7 Å². The van der Waals surface area contributed by atoms with Gasteiger partial charge in [-0.1, -0.05) is 12.1 Å². The number of rotatable bonds is 8. The lowest BCUT2D eigenvalue weighted by Gasteiger charge is -2.26. The number of aromatic nitrogens is 3. The van der Waals surface area contributed by atoms with Crippen molar-refractivity contribution in [3.8, 4) is 11.6 Å². The maximum absolute atomic E-state index is 13.5. The van der Waals surface area contributed by atoms with E-state index in [1.807, 2.05) is 0 Å². The predicted octanol–water partition coefficient (Wildman–Crippen LogP) is 3.76. The highest BCUT2D eigenvalue weighted by atomic mass is 32.2. The molecule has 39 heavy (non-hydrogen) atoms. The molecule has 0 bridgehead atoms. The number of nitrogens with one attached hydrogen (secondary N) is 2. The molecule has 0 aliphatic carbocycles. The first-order chi connectivity index (χ1) is 18.2. The molecule has 3 aromatic rings. The van der Waals surface area contributed by atoms with E-state index < -0.39 is 39.0 Å². The van der Waals surface area contributed by atoms with Crippen LogP contribution in [0.25, 0.3) is 0 Å². The largest absolute Gasteiger partial charge is 0.437 e. The molecule has 0 spiro atoms. The van der Waals surface area contributed by atoms with Crippen molar-refractivity contribution >= 4 is 15.9 Å². The number of amides is 1. The van der Waals surface area contributed by atoms with Gasteiger partial charge in [-0.15, -0.1) is 0 Å². The van der Waals surface area contributed by atoms with Crippen molar-refractivity contribution in [2.45, 2.75) is 56.9 Å². The molecule has 1 fully saturated rings. The topological polar surface area (TPSA) is 124 Å². The molecule has 1 aliphatic rings. The number of nitrogens with zero attached hydrogens (tertiary/aromatic N) is 3. The van der Waals surface area contributed by atoms with E-state index in [0.29, 0.717) is 18.8 Å². The molecule has 0 unspecified atom stereocenters. The van der Waals surface area contributed by atoms with Crippen LogP contribution in [0.5, 0.6) is 11.6 Å². The molecule has 0 saturated carbocycles. The number of hydrogen-bond acceptors (Lipinski definition) is 7. The number of ether oxygens (including phenoxy) is 2. The number of hydrogen-bond donors (Lipinski definition) is 2. The Morgan fingerprint density at radius 3 is 2.38 bits per heavy atom. The van der Waals surface area contributed by atoms with Crippen LogP contribution in [-0.4, -0.2) is 48.3 Å². The van der Waals surface area contributed by atoms with Crippen LogP contribution in [0.2, 0.25) is 0 Å². The second-order valence-electron chi connectivity index (χ2n) is 10.0. The maximum atomic E-state index is 13.5. The van der Waals surface area contributed by atoms with Crippen molar-refractivity contribution in [1.29, 1.82) is 0 Å². The third-order valence-corrected chi connectivity index (χ3v) is 7.40. The van der Waals surface area contributed by atoms with Gasteiger partial charge in [-0.25, -0.2) is 17.8 Å². The van der Waals surface area contributed by atoms with Crippen LogP contribution < -0.4 is 14.8 Å². The van der Waals surface area contributed by atoms with Crippen LogP contribution in [0.4, 0.5) is 13.2 Å². The molecular formula is C25H28F3N5O5S. The van der Waals surface area contributed by atoms with Crippen LogP contribution in [-0.2, 0) is 33.0 Å². The molecule has 1 aromatic carbocycles. The average Bonchev–Trinajstić information content (AvgIpc) is 3.16. The number of alkyl halides is 3. The predicted molar refractivity (Wildman–Crippen MR) is 134 cm³/mol. The molecule has 14 heteroatoms. The Morgan fingerprint density at radius 2 is 1.82 bits per heavy atom. The highest BCUT2D eigenvalue weighted by Gasteiger charge is 2.36. The average molecular weight is 568 g/mol. The summed E-state index contributed by atoms with van der Waals surface area (Å²) in [5.74, 6) is -1.11. The minimum Gasteiger partial charge on any atom is -0.437 e. The summed E-state index contributed by atoms with van der Waals surface area (Å²) in [6.07, 6.45) is -2.69. The number of benzene rings is 1. The molecule has 2 N–H and O–H groups in total. The molecule has 210 valence electrons. The van der Waals surface area contributed by atoms with Gasteiger partial charge in [0.2, 0.25) is 15.9 Å². The van der Waals surface area contributed by atoms with Gasteiger partial charge in [0, 0.05) is 18.3 Å². The van der Waals surface area contributed by atoms with E-state index in [0.717, 1.165) is 18.5 Å². The van der Waals surface area contributed by atoms with Crippen molar-refractivity contribution < 1.29 is 35.9 Å². The van der Waals surface area contributed by atoms with E-state index in [9.17, 15) is 26.4 Å². The SMILES string of the molecule is Cc1c(C(=O)NCc2ccc(S(=O)(=O)NC3COC3)cc2)nn(C(C)(C)C)c1Oc1cnccc1C(F)(F)F. The fraction of sp³-hybridized carbons (Fsp3) is 0.400. The zero-order chi connectivity index (χ0) is 28.6. The molecule has 1 aliphatic heterocycles. The molecule has 0 radical (unpaired) electrons. The van der Waals surface area contributed by atoms with E-state index in [1.54, 1.807) is 32.9 Å². The quantitative estimate of drug-likeness (QED) is 0.425. The van der Waals surface area contributed by atoms with Gasteiger partial charge in [0.25, 0.3) is 5.91 Å². The lowest BCUT2D eigenvalue weighted by Crippen LogP contribution is -2.48. The van der Waals surface area contributed by atoms with Crippen LogP contribution in [0, 0.1) is 6.92 Å². The lowest BCUT2D eigenvalue weighted by atomic mass is 10.1. The summed E-state index contributed by atoms with van der Waals surface area (Å²) < 4.78 is 79.9. The van der Waals surface area contributed by atoms with Gasteiger partial charge in [-0.2, -0.15) is 18.3 Å². The molecule has 3 heterocycles. The molecular weight excluding hydrogens is 539 g/mol. The number of carbonyl (C=O) groups is 1. The van der Waals surface area contributed by atoms with E-state index in [4.69, 9.17) is 9.47 Å². The summed E-state index contributed by atoms with van der Waals surface area (Å²) in [6, 6.07) is 6.56. The standard InChI is InChI=1S/C25H28F3N5O5S/c1-15-21(22(34)30-11-16-5-7-18(8-6-16)39(35,36)32-17-13-37-14-17)31-33(24(2,3)4)23(15)38-20-12-29-10-9-19(20)25(26,27)28/h5-10,12,17,32H,11,13-14H2,1-4H3,(H,30,34). The smallest absolute Gasteiger partial charge is 0.420 e. The minimum absolute atomic E-state index is 0.0231. The zero-order valence-electron chi connectivity index (χ0n) is 21.7. The third-order valence-electron chi connectivity index (χ3n) is 5.86. The second kappa shape index (κ2) is 10.6.